The van der Waals surface area contributed by atoms with Crippen LogP contribution in [0, 0.1) is 0 Å². The number of anilines is 1. The van der Waals surface area contributed by atoms with Crippen LogP contribution < -0.4 is 5.73 Å². The normalized spacial score (nSPS) is 11.2. The topological polar surface area (TPSA) is 112 Å². The summed E-state index contributed by atoms with van der Waals surface area (Å²) in [4.78, 5) is 18.6. The predicted octanol–water partition coefficient (Wildman–Crippen LogP) is 0.0291. The summed E-state index contributed by atoms with van der Waals surface area (Å²) >= 11 is 0. The zero-order chi connectivity index (χ0) is 13.1. The largest absolute Gasteiger partial charge is 0.462 e. The van der Waals surface area contributed by atoms with E-state index in [0.29, 0.717) is 0 Å². The molecule has 1 aromatic heterocycles. The van der Waals surface area contributed by atoms with Crippen molar-refractivity contribution in [1.82, 2.24) is 9.97 Å². The monoisotopic (exact) mass is 259 g/mol. The van der Waals surface area contributed by atoms with Crippen LogP contribution in [0.25, 0.3) is 0 Å². The summed E-state index contributed by atoms with van der Waals surface area (Å²) in [5.41, 5.74) is 5.45. The fourth-order valence-electron chi connectivity index (χ4n) is 1.02. The van der Waals surface area contributed by atoms with Crippen LogP contribution in [-0.4, -0.2) is 36.7 Å². The Morgan fingerprint density at radius 3 is 2.59 bits per heavy atom. The molecule has 0 fully saturated rings. The quantitative estimate of drug-likeness (QED) is 0.599. The molecule has 17 heavy (non-hydrogen) atoms. The Balaban J connectivity index is 3.15. The summed E-state index contributed by atoms with van der Waals surface area (Å²) in [6.07, 6.45) is 1.06. The summed E-state index contributed by atoms with van der Waals surface area (Å²) in [5.74, 6) is -1.01. The van der Waals surface area contributed by atoms with Crippen molar-refractivity contribution in [2.45, 2.75) is 19.0 Å². The molecule has 0 radical (unpaired) electrons. The molecular weight excluding hydrogens is 246 g/mol. The van der Waals surface area contributed by atoms with Gasteiger partial charge in [-0.05, 0) is 6.92 Å². The highest BCUT2D eigenvalue weighted by Gasteiger charge is 2.19. The number of nitrogens with zero attached hydrogens (tertiary/aromatic N) is 2. The number of rotatable bonds is 4. The Bertz CT molecular complexity index is 527. The third kappa shape index (κ3) is 2.90. The molecule has 1 heterocycles. The molecule has 0 aliphatic heterocycles. The number of carbonyl (C=O) groups excluding carboxylic acids is 1. The Hall–Kier alpha value is -1.70. The molecule has 1 rings (SSSR count). The van der Waals surface area contributed by atoms with Crippen molar-refractivity contribution >= 4 is 21.6 Å². The minimum absolute atomic E-state index is 0.0399. The third-order valence-corrected chi connectivity index (χ3v) is 3.46. The smallest absolute Gasteiger partial charge is 0.343 e. The van der Waals surface area contributed by atoms with Gasteiger partial charge in [-0.2, -0.15) is 0 Å². The summed E-state index contributed by atoms with van der Waals surface area (Å²) in [5, 5.41) is -0.384. The highest BCUT2D eigenvalue weighted by atomic mass is 32.2. The highest BCUT2D eigenvalue weighted by Crippen LogP contribution is 2.12. The summed E-state index contributed by atoms with van der Waals surface area (Å²) in [6.45, 7) is 3.30. The maximum absolute atomic E-state index is 11.5. The lowest BCUT2D eigenvalue weighted by atomic mass is 10.3. The minimum atomic E-state index is -3.53. The number of hydrogen-bond acceptors (Lipinski definition) is 7. The molecule has 0 aromatic carbocycles. The van der Waals surface area contributed by atoms with Gasteiger partial charge in [0.25, 0.3) is 0 Å². The van der Waals surface area contributed by atoms with Gasteiger partial charge >= 0.3 is 5.97 Å². The van der Waals surface area contributed by atoms with Crippen LogP contribution in [0.5, 0.6) is 0 Å². The van der Waals surface area contributed by atoms with Crippen molar-refractivity contribution in [1.29, 1.82) is 0 Å². The van der Waals surface area contributed by atoms with Gasteiger partial charge in [0, 0.05) is 6.20 Å². The number of nitrogen functional groups attached to an aromatic ring is 1. The van der Waals surface area contributed by atoms with Crippen LogP contribution in [-0.2, 0) is 14.6 Å². The van der Waals surface area contributed by atoms with Crippen LogP contribution in [0.3, 0.4) is 0 Å². The summed E-state index contributed by atoms with van der Waals surface area (Å²) < 4.78 is 27.6. The molecule has 0 amide bonds. The minimum Gasteiger partial charge on any atom is -0.462 e. The average molecular weight is 259 g/mol. The number of carbonyl (C=O) groups is 1. The van der Waals surface area contributed by atoms with E-state index < -0.39 is 15.8 Å². The number of esters is 1. The zero-order valence-corrected chi connectivity index (χ0v) is 10.3. The van der Waals surface area contributed by atoms with Gasteiger partial charge in [-0.25, -0.2) is 23.2 Å². The maximum atomic E-state index is 11.5. The molecule has 0 aliphatic carbocycles. The second-order valence-corrected chi connectivity index (χ2v) is 5.25. The number of hydrogen-bond donors (Lipinski definition) is 1. The second-order valence-electron chi connectivity index (χ2n) is 3.08. The van der Waals surface area contributed by atoms with Gasteiger partial charge < -0.3 is 10.5 Å². The van der Waals surface area contributed by atoms with Gasteiger partial charge in [0.2, 0.25) is 15.0 Å². The van der Waals surface area contributed by atoms with Crippen LogP contribution in [0.4, 0.5) is 5.82 Å². The van der Waals surface area contributed by atoms with E-state index in [0.717, 1.165) is 6.20 Å². The molecule has 2 N–H and O–H groups in total. The molecule has 0 unspecified atom stereocenters. The lowest BCUT2D eigenvalue weighted by Gasteiger charge is -2.05. The predicted molar refractivity (Wildman–Crippen MR) is 60.1 cm³/mol. The van der Waals surface area contributed by atoms with Crippen molar-refractivity contribution in [3.63, 3.8) is 0 Å². The SMILES string of the molecule is CCOC(=O)c1cnc(S(=O)(=O)CC)nc1N. The number of sulfone groups is 1. The van der Waals surface area contributed by atoms with Gasteiger partial charge in [0.05, 0.1) is 12.4 Å². The molecule has 1 aromatic rings. The Morgan fingerprint density at radius 1 is 1.47 bits per heavy atom. The molecule has 0 aliphatic rings. The fourth-order valence-corrected chi connectivity index (χ4v) is 1.73. The number of nitrogens with two attached hydrogens (primary N) is 1. The fraction of sp³-hybridized carbons (Fsp3) is 0.444. The second kappa shape index (κ2) is 5.09. The van der Waals surface area contributed by atoms with Gasteiger partial charge in [-0.3, -0.25) is 0 Å². The van der Waals surface area contributed by atoms with E-state index in [1.54, 1.807) is 6.92 Å². The van der Waals surface area contributed by atoms with Gasteiger partial charge in [0.15, 0.2) is 0 Å². The number of aromatic nitrogens is 2. The van der Waals surface area contributed by atoms with Crippen molar-refractivity contribution < 1.29 is 17.9 Å². The van der Waals surface area contributed by atoms with E-state index in [1.807, 2.05) is 0 Å². The van der Waals surface area contributed by atoms with Gasteiger partial charge in [0.1, 0.15) is 11.4 Å². The highest BCUT2D eigenvalue weighted by molar-refractivity contribution is 7.91. The van der Waals surface area contributed by atoms with Crippen molar-refractivity contribution in [2.24, 2.45) is 0 Å². The summed E-state index contributed by atoms with van der Waals surface area (Å²) in [7, 11) is -3.53. The standard InChI is InChI=1S/C9H13N3O4S/c1-3-16-8(13)6-5-11-9(12-7(6)10)17(14,15)4-2/h5H,3-4H2,1-2H3,(H2,10,11,12). The average Bonchev–Trinajstić information content (AvgIpc) is 2.29. The Kier molecular flexibility index (Phi) is 4.00. The first-order valence-corrected chi connectivity index (χ1v) is 6.60. The molecule has 94 valence electrons. The van der Waals surface area contributed by atoms with Crippen molar-refractivity contribution in [3.05, 3.63) is 11.8 Å². The van der Waals surface area contributed by atoms with E-state index in [2.05, 4.69) is 9.97 Å². The van der Waals surface area contributed by atoms with Crippen LogP contribution in [0.1, 0.15) is 24.2 Å². The maximum Gasteiger partial charge on any atom is 0.343 e. The lowest BCUT2D eigenvalue weighted by molar-refractivity contribution is 0.0526. The first kappa shape index (κ1) is 13.4. The van der Waals surface area contributed by atoms with Crippen molar-refractivity contribution in [2.75, 3.05) is 18.1 Å². The molecule has 0 saturated heterocycles. The Labute approximate surface area is 98.9 Å². The third-order valence-electron chi connectivity index (χ3n) is 1.95. The van der Waals surface area contributed by atoms with E-state index in [4.69, 9.17) is 10.5 Å². The number of ether oxygens (including phenoxy) is 1. The van der Waals surface area contributed by atoms with E-state index in [9.17, 15) is 13.2 Å². The summed E-state index contributed by atoms with van der Waals surface area (Å²) in [6, 6.07) is 0. The first-order valence-electron chi connectivity index (χ1n) is 4.94. The molecule has 0 saturated carbocycles. The van der Waals surface area contributed by atoms with E-state index in [-0.39, 0.29) is 28.9 Å². The molecule has 0 atom stereocenters. The van der Waals surface area contributed by atoms with Crippen LogP contribution in [0.15, 0.2) is 11.4 Å². The van der Waals surface area contributed by atoms with Gasteiger partial charge in [-0.15, -0.1) is 0 Å². The lowest BCUT2D eigenvalue weighted by Crippen LogP contribution is -2.15. The molecular formula is C9H13N3O4S. The van der Waals surface area contributed by atoms with E-state index >= 15 is 0 Å². The molecule has 0 bridgehead atoms. The van der Waals surface area contributed by atoms with Gasteiger partial charge in [-0.1, -0.05) is 6.92 Å². The van der Waals surface area contributed by atoms with Crippen LogP contribution in [0.2, 0.25) is 0 Å². The molecule has 0 spiro atoms. The zero-order valence-electron chi connectivity index (χ0n) is 9.50. The van der Waals surface area contributed by atoms with Crippen LogP contribution >= 0.6 is 0 Å². The molecule has 8 heteroatoms. The van der Waals surface area contributed by atoms with E-state index in [1.165, 1.54) is 6.92 Å². The Morgan fingerprint density at radius 2 is 2.12 bits per heavy atom. The van der Waals surface area contributed by atoms with Crippen molar-refractivity contribution in [3.8, 4) is 0 Å². The first-order chi connectivity index (χ1) is 7.92. The molecule has 7 nitrogen and oxygen atoms in total.